The van der Waals surface area contributed by atoms with Crippen LogP contribution in [0.3, 0.4) is 0 Å². The van der Waals surface area contributed by atoms with E-state index in [1.54, 1.807) is 18.3 Å². The maximum Gasteiger partial charge on any atom is 0.315 e. The summed E-state index contributed by atoms with van der Waals surface area (Å²) in [5.74, 6) is 0.369. The van der Waals surface area contributed by atoms with Crippen molar-refractivity contribution in [2.75, 3.05) is 32.2 Å². The van der Waals surface area contributed by atoms with Gasteiger partial charge in [0.2, 0.25) is 0 Å². The molecule has 1 aromatic heterocycles. The van der Waals surface area contributed by atoms with Crippen LogP contribution in [0.15, 0.2) is 83.5 Å². The van der Waals surface area contributed by atoms with E-state index in [1.807, 2.05) is 42.3 Å². The first-order valence-electron chi connectivity index (χ1n) is 13.0. The largest absolute Gasteiger partial charge is 0.337 e. The summed E-state index contributed by atoms with van der Waals surface area (Å²) in [5.41, 5.74) is 10.5. The van der Waals surface area contributed by atoms with E-state index in [2.05, 4.69) is 40.2 Å². The SMILES string of the molecule is C[C@H]1C2=CNN(c3ccc(F)cc3)C2=CC2=C1[C@@H](CC(NC(=O)NCCN(C)C)c1cccnc1)CC2. The summed E-state index contributed by atoms with van der Waals surface area (Å²) in [6.07, 6.45) is 10.8. The number of carbonyl (C=O) groups excluding carboxylic acids is 1. The first-order chi connectivity index (χ1) is 17.9. The Balaban J connectivity index is 1.35. The maximum absolute atomic E-state index is 13.5. The Morgan fingerprint density at radius 2 is 2.08 bits per heavy atom. The number of hydrazine groups is 1. The topological polar surface area (TPSA) is 72.5 Å². The fourth-order valence-electron chi connectivity index (χ4n) is 5.71. The van der Waals surface area contributed by atoms with Crippen molar-refractivity contribution in [3.05, 3.63) is 94.9 Å². The zero-order chi connectivity index (χ0) is 25.9. The lowest BCUT2D eigenvalue weighted by Gasteiger charge is -2.31. The molecule has 2 amide bonds. The number of likely N-dealkylation sites (N-methyl/N-ethyl adjacent to an activating group) is 1. The first kappa shape index (κ1) is 25.0. The van der Waals surface area contributed by atoms with Gasteiger partial charge in [0.15, 0.2) is 0 Å². The molecular formula is C29H35FN6O. The van der Waals surface area contributed by atoms with Crippen LogP contribution in [0.2, 0.25) is 0 Å². The van der Waals surface area contributed by atoms with E-state index >= 15 is 0 Å². The predicted octanol–water partition coefficient (Wildman–Crippen LogP) is 4.66. The van der Waals surface area contributed by atoms with Crippen molar-refractivity contribution in [3.63, 3.8) is 0 Å². The highest BCUT2D eigenvalue weighted by Gasteiger charge is 2.39. The quantitative estimate of drug-likeness (QED) is 0.490. The molecule has 0 saturated carbocycles. The Morgan fingerprint density at radius 3 is 2.81 bits per heavy atom. The molecule has 1 aliphatic heterocycles. The highest BCUT2D eigenvalue weighted by Crippen LogP contribution is 2.49. The molecule has 2 heterocycles. The number of nitrogens with zero attached hydrogens (tertiary/aromatic N) is 3. The van der Waals surface area contributed by atoms with Crippen LogP contribution < -0.4 is 21.1 Å². The van der Waals surface area contributed by atoms with Gasteiger partial charge in [0.25, 0.3) is 0 Å². The van der Waals surface area contributed by atoms with Gasteiger partial charge in [-0.1, -0.05) is 18.6 Å². The molecule has 3 atom stereocenters. The van der Waals surface area contributed by atoms with E-state index < -0.39 is 0 Å². The van der Waals surface area contributed by atoms with Crippen LogP contribution in [0.25, 0.3) is 0 Å². The third-order valence-electron chi connectivity index (χ3n) is 7.54. The van der Waals surface area contributed by atoms with E-state index in [4.69, 9.17) is 0 Å². The molecule has 2 aromatic rings. The number of rotatable bonds is 8. The summed E-state index contributed by atoms with van der Waals surface area (Å²) in [4.78, 5) is 19.1. The van der Waals surface area contributed by atoms with E-state index in [1.165, 1.54) is 28.9 Å². The standard InChI is InChI=1S/C29H35FN6O/c1-19-25-18-33-36(24-10-8-23(30)9-11-24)27(25)16-21-7-6-20(28(19)21)15-26(22-5-4-12-31-17-22)34-29(37)32-13-14-35(2)3/h4-5,8-12,16-20,26,33H,6-7,13-15H2,1-3H3,(H2,32,34,37)/t19-,20+,26?/m0/s1. The third-order valence-corrected chi connectivity index (χ3v) is 7.54. The number of urea groups is 1. The number of carbonyl (C=O) groups is 1. The van der Waals surface area contributed by atoms with Gasteiger partial charge in [0, 0.05) is 43.2 Å². The van der Waals surface area contributed by atoms with E-state index in [-0.39, 0.29) is 23.8 Å². The molecule has 37 heavy (non-hydrogen) atoms. The highest BCUT2D eigenvalue weighted by atomic mass is 19.1. The Labute approximate surface area is 218 Å². The average molecular weight is 503 g/mol. The normalized spacial score (nSPS) is 21.2. The first-order valence-corrected chi connectivity index (χ1v) is 13.0. The van der Waals surface area contributed by atoms with Crippen LogP contribution in [0, 0.1) is 17.7 Å². The molecule has 0 saturated heterocycles. The lowest BCUT2D eigenvalue weighted by atomic mass is 9.78. The van der Waals surface area contributed by atoms with E-state index in [9.17, 15) is 9.18 Å². The Bertz CT molecular complexity index is 1220. The fourth-order valence-corrected chi connectivity index (χ4v) is 5.71. The molecule has 0 bridgehead atoms. The molecule has 0 spiro atoms. The molecule has 2 aliphatic carbocycles. The van der Waals surface area contributed by atoms with Gasteiger partial charge in [-0.25, -0.2) is 9.18 Å². The second kappa shape index (κ2) is 10.8. The minimum atomic E-state index is -0.242. The van der Waals surface area contributed by atoms with Crippen molar-refractivity contribution in [3.8, 4) is 0 Å². The summed E-state index contributed by atoms with van der Waals surface area (Å²) >= 11 is 0. The maximum atomic E-state index is 13.5. The Morgan fingerprint density at radius 1 is 1.27 bits per heavy atom. The van der Waals surface area contributed by atoms with Gasteiger partial charge in [0.05, 0.1) is 17.4 Å². The number of aromatic nitrogens is 1. The molecule has 3 N–H and O–H groups in total. The number of benzene rings is 1. The summed E-state index contributed by atoms with van der Waals surface area (Å²) in [6.45, 7) is 3.64. The fraction of sp³-hybridized carbons (Fsp3) is 0.379. The highest BCUT2D eigenvalue weighted by molar-refractivity contribution is 5.74. The predicted molar refractivity (Wildman–Crippen MR) is 144 cm³/mol. The number of nitrogens with one attached hydrogen (secondary N) is 3. The monoisotopic (exact) mass is 502 g/mol. The number of halogens is 1. The third kappa shape index (κ3) is 5.39. The number of allylic oxidation sites excluding steroid dienone is 4. The van der Waals surface area contributed by atoms with Crippen LogP contribution in [0.4, 0.5) is 14.9 Å². The summed E-state index contributed by atoms with van der Waals surface area (Å²) in [7, 11) is 3.98. The molecule has 8 heteroatoms. The summed E-state index contributed by atoms with van der Waals surface area (Å²) < 4.78 is 13.5. The van der Waals surface area contributed by atoms with Crippen LogP contribution in [0.1, 0.15) is 37.8 Å². The zero-order valence-corrected chi connectivity index (χ0v) is 21.7. The second-order valence-electron chi connectivity index (χ2n) is 10.3. The van der Waals surface area contributed by atoms with Crippen molar-refractivity contribution in [2.24, 2.45) is 11.8 Å². The van der Waals surface area contributed by atoms with Gasteiger partial charge in [-0.05, 0) is 86.8 Å². The van der Waals surface area contributed by atoms with Gasteiger partial charge >= 0.3 is 6.03 Å². The van der Waals surface area contributed by atoms with Crippen LogP contribution in [-0.4, -0.2) is 43.1 Å². The van der Waals surface area contributed by atoms with Gasteiger partial charge < -0.3 is 21.0 Å². The number of hydrogen-bond donors (Lipinski definition) is 3. The molecule has 1 unspecified atom stereocenters. The van der Waals surface area contributed by atoms with Crippen LogP contribution >= 0.6 is 0 Å². The van der Waals surface area contributed by atoms with Crippen molar-refractivity contribution < 1.29 is 9.18 Å². The summed E-state index contributed by atoms with van der Waals surface area (Å²) in [6, 6.07) is 10.2. The number of hydrogen-bond acceptors (Lipinski definition) is 5. The van der Waals surface area contributed by atoms with Crippen molar-refractivity contribution in [1.29, 1.82) is 0 Å². The average Bonchev–Trinajstić information content (AvgIpc) is 3.49. The lowest BCUT2D eigenvalue weighted by Crippen LogP contribution is -2.41. The molecule has 0 fully saturated rings. The van der Waals surface area contributed by atoms with Gasteiger partial charge in [0.1, 0.15) is 5.82 Å². The minimum Gasteiger partial charge on any atom is -0.337 e. The van der Waals surface area contributed by atoms with Gasteiger partial charge in [-0.15, -0.1) is 0 Å². The molecule has 7 nitrogen and oxygen atoms in total. The molecular weight excluding hydrogens is 467 g/mol. The van der Waals surface area contributed by atoms with E-state index in [0.29, 0.717) is 12.5 Å². The zero-order valence-electron chi connectivity index (χ0n) is 21.7. The van der Waals surface area contributed by atoms with Gasteiger partial charge in [-0.2, -0.15) is 0 Å². The number of amides is 2. The van der Waals surface area contributed by atoms with Crippen molar-refractivity contribution >= 4 is 11.7 Å². The smallest absolute Gasteiger partial charge is 0.315 e. The molecule has 194 valence electrons. The van der Waals surface area contributed by atoms with Crippen LogP contribution in [-0.2, 0) is 0 Å². The van der Waals surface area contributed by atoms with Crippen molar-refractivity contribution in [1.82, 2.24) is 25.9 Å². The minimum absolute atomic E-state index is 0.131. The number of pyridine rings is 1. The molecule has 1 aromatic carbocycles. The summed E-state index contributed by atoms with van der Waals surface area (Å²) in [5, 5.41) is 8.22. The Kier molecular flexibility index (Phi) is 7.28. The number of anilines is 1. The molecule has 0 radical (unpaired) electrons. The Hall–Kier alpha value is -3.65. The van der Waals surface area contributed by atoms with Crippen molar-refractivity contribution in [2.45, 2.75) is 32.2 Å². The van der Waals surface area contributed by atoms with Gasteiger partial charge in [-0.3, -0.25) is 9.99 Å². The lowest BCUT2D eigenvalue weighted by molar-refractivity contribution is 0.233. The van der Waals surface area contributed by atoms with E-state index in [0.717, 1.165) is 42.8 Å². The molecule has 3 aliphatic rings. The van der Waals surface area contributed by atoms with Crippen LogP contribution in [0.5, 0.6) is 0 Å². The second-order valence-corrected chi connectivity index (χ2v) is 10.3. The number of fused-ring (bicyclic) bond motifs is 1. The molecule has 5 rings (SSSR count).